The van der Waals surface area contributed by atoms with Crippen molar-refractivity contribution in [2.45, 2.75) is 25.8 Å². The second-order valence-electron chi connectivity index (χ2n) is 5.95. The topological polar surface area (TPSA) is 113 Å². The van der Waals surface area contributed by atoms with E-state index in [2.05, 4.69) is 9.97 Å². The van der Waals surface area contributed by atoms with Gasteiger partial charge >= 0.3 is 10.2 Å². The third-order valence-electron chi connectivity index (χ3n) is 3.99. The van der Waals surface area contributed by atoms with E-state index < -0.39 is 28.1 Å². The summed E-state index contributed by atoms with van der Waals surface area (Å²) in [5.41, 5.74) is 0.770. The fraction of sp³-hybridized carbons (Fsp3) is 0.538. The molecule has 3 rings (SSSR count). The lowest BCUT2D eigenvalue weighted by Crippen LogP contribution is -2.54. The van der Waals surface area contributed by atoms with Crippen LogP contribution in [0.5, 0.6) is 0 Å². The Labute approximate surface area is 144 Å². The first-order chi connectivity index (χ1) is 11.2. The van der Waals surface area contributed by atoms with Gasteiger partial charge in [-0.1, -0.05) is 13.8 Å². The third kappa shape index (κ3) is 2.96. The second kappa shape index (κ2) is 5.94. The number of halogens is 1. The van der Waals surface area contributed by atoms with Crippen LogP contribution in [0.4, 0.5) is 0 Å². The minimum atomic E-state index is -3.79. The molecule has 2 amide bonds. The van der Waals surface area contributed by atoms with Crippen molar-refractivity contribution in [3.05, 3.63) is 22.7 Å². The molecule has 2 aliphatic rings. The molecule has 0 aliphatic carbocycles. The van der Waals surface area contributed by atoms with Crippen molar-refractivity contribution < 1.29 is 18.0 Å². The van der Waals surface area contributed by atoms with Crippen molar-refractivity contribution in [2.75, 3.05) is 19.6 Å². The predicted octanol–water partition coefficient (Wildman–Crippen LogP) is -0.246. The molecule has 0 spiro atoms. The van der Waals surface area contributed by atoms with E-state index in [1.807, 2.05) is 18.6 Å². The van der Waals surface area contributed by atoms with Crippen LogP contribution in [0.1, 0.15) is 35.9 Å². The van der Waals surface area contributed by atoms with Crippen LogP contribution < -0.4 is 4.72 Å². The van der Waals surface area contributed by atoms with Gasteiger partial charge in [0.15, 0.2) is 0 Å². The quantitative estimate of drug-likeness (QED) is 0.715. The van der Waals surface area contributed by atoms with Crippen LogP contribution >= 0.6 is 11.6 Å². The minimum absolute atomic E-state index is 0.0237. The van der Waals surface area contributed by atoms with Gasteiger partial charge in [-0.05, 0) is 23.6 Å². The normalized spacial score (nSPS) is 23.2. The lowest BCUT2D eigenvalue weighted by molar-refractivity contribution is -0.122. The molecule has 1 aromatic heterocycles. The van der Waals surface area contributed by atoms with Crippen molar-refractivity contribution in [3.63, 3.8) is 0 Å². The number of fused-ring (bicyclic) bond motifs is 1. The van der Waals surface area contributed by atoms with E-state index in [-0.39, 0.29) is 36.5 Å². The molecule has 1 atom stereocenters. The SMILES string of the molecule is CC(C)c1cc(C(=O)N2CCN3C(C2)C(=O)NS3(=O)=O)nc(Cl)n1. The van der Waals surface area contributed by atoms with Crippen molar-refractivity contribution in [1.82, 2.24) is 23.9 Å². The Morgan fingerprint density at radius 1 is 1.38 bits per heavy atom. The summed E-state index contributed by atoms with van der Waals surface area (Å²) in [5, 5.41) is -0.0237. The molecule has 1 N–H and O–H groups in total. The highest BCUT2D eigenvalue weighted by molar-refractivity contribution is 7.88. The summed E-state index contributed by atoms with van der Waals surface area (Å²) in [7, 11) is -3.79. The number of aromatic nitrogens is 2. The highest BCUT2D eigenvalue weighted by Crippen LogP contribution is 2.22. The molecule has 0 radical (unpaired) electrons. The minimum Gasteiger partial charge on any atom is -0.334 e. The largest absolute Gasteiger partial charge is 0.334 e. The average Bonchev–Trinajstić information content (AvgIpc) is 2.75. The van der Waals surface area contributed by atoms with Gasteiger partial charge < -0.3 is 4.90 Å². The molecule has 0 aromatic carbocycles. The monoisotopic (exact) mass is 373 g/mol. The molecule has 1 aromatic rings. The summed E-state index contributed by atoms with van der Waals surface area (Å²) in [6.45, 7) is 4.02. The van der Waals surface area contributed by atoms with E-state index >= 15 is 0 Å². The number of hydrogen-bond acceptors (Lipinski definition) is 6. The molecule has 0 saturated carbocycles. The van der Waals surface area contributed by atoms with E-state index in [4.69, 9.17) is 11.6 Å². The first kappa shape index (κ1) is 17.1. The van der Waals surface area contributed by atoms with Crippen molar-refractivity contribution in [2.24, 2.45) is 0 Å². The molecule has 0 bridgehead atoms. The highest BCUT2D eigenvalue weighted by Gasteiger charge is 2.47. The molecule has 24 heavy (non-hydrogen) atoms. The van der Waals surface area contributed by atoms with Gasteiger partial charge in [0.2, 0.25) is 5.28 Å². The smallest absolute Gasteiger partial charge is 0.304 e. The number of carbonyl (C=O) groups is 2. The molecule has 11 heteroatoms. The van der Waals surface area contributed by atoms with Gasteiger partial charge in [-0.3, -0.25) is 9.59 Å². The Bertz CT molecular complexity index is 813. The zero-order chi connectivity index (χ0) is 17.6. The summed E-state index contributed by atoms with van der Waals surface area (Å²) in [6.07, 6.45) is 0. The number of piperazine rings is 1. The van der Waals surface area contributed by atoms with Crippen molar-refractivity contribution in [1.29, 1.82) is 0 Å². The molecular formula is C13H16ClN5O4S. The summed E-state index contributed by atoms with van der Waals surface area (Å²) >= 11 is 5.88. The van der Waals surface area contributed by atoms with E-state index in [0.29, 0.717) is 5.69 Å². The first-order valence-electron chi connectivity index (χ1n) is 7.36. The molecule has 9 nitrogen and oxygen atoms in total. The van der Waals surface area contributed by atoms with Gasteiger partial charge in [0, 0.05) is 25.3 Å². The summed E-state index contributed by atoms with van der Waals surface area (Å²) in [5.74, 6) is -0.964. The molecule has 2 aliphatic heterocycles. The Hall–Kier alpha value is -1.78. The van der Waals surface area contributed by atoms with Gasteiger partial charge in [0.25, 0.3) is 11.8 Å². The van der Waals surface area contributed by atoms with Crippen LogP contribution in [0.3, 0.4) is 0 Å². The van der Waals surface area contributed by atoms with Crippen LogP contribution in [-0.2, 0) is 15.0 Å². The van der Waals surface area contributed by atoms with Crippen LogP contribution in [0, 0.1) is 0 Å². The number of nitrogens with zero attached hydrogens (tertiary/aromatic N) is 4. The second-order valence-corrected chi connectivity index (χ2v) is 7.91. The standard InChI is InChI=1S/C13H16ClN5O4S/c1-7(2)8-5-9(16-13(14)15-8)12(21)18-3-4-19-10(6-18)11(20)17-24(19,22)23/h5,7,10H,3-4,6H2,1-2H3,(H,17,20). The molecule has 130 valence electrons. The van der Waals surface area contributed by atoms with E-state index in [0.717, 1.165) is 4.31 Å². The lowest BCUT2D eigenvalue weighted by atomic mass is 10.1. The summed E-state index contributed by atoms with van der Waals surface area (Å²) in [4.78, 5) is 33.9. The van der Waals surface area contributed by atoms with Crippen LogP contribution in [-0.4, -0.2) is 65.1 Å². The Kier molecular flexibility index (Phi) is 4.22. The van der Waals surface area contributed by atoms with Gasteiger partial charge in [-0.25, -0.2) is 14.7 Å². The molecule has 2 fully saturated rings. The molecule has 2 saturated heterocycles. The molecular weight excluding hydrogens is 358 g/mol. The zero-order valence-corrected chi connectivity index (χ0v) is 14.6. The van der Waals surface area contributed by atoms with Crippen molar-refractivity contribution in [3.8, 4) is 0 Å². The fourth-order valence-corrected chi connectivity index (χ4v) is 4.22. The molecule has 3 heterocycles. The Balaban J connectivity index is 1.84. The number of rotatable bonds is 2. The average molecular weight is 374 g/mol. The van der Waals surface area contributed by atoms with Crippen LogP contribution in [0.2, 0.25) is 5.28 Å². The number of nitrogens with one attached hydrogen (secondary N) is 1. The van der Waals surface area contributed by atoms with Gasteiger partial charge in [0.1, 0.15) is 11.7 Å². The van der Waals surface area contributed by atoms with E-state index in [1.165, 1.54) is 4.90 Å². The maximum Gasteiger partial charge on any atom is 0.304 e. The number of amides is 2. The van der Waals surface area contributed by atoms with E-state index in [1.54, 1.807) is 6.07 Å². The highest BCUT2D eigenvalue weighted by atomic mass is 35.5. The maximum atomic E-state index is 12.7. The van der Waals surface area contributed by atoms with Gasteiger partial charge in [-0.15, -0.1) is 0 Å². The number of hydrogen-bond donors (Lipinski definition) is 1. The van der Waals surface area contributed by atoms with E-state index in [9.17, 15) is 18.0 Å². The van der Waals surface area contributed by atoms with Crippen LogP contribution in [0.25, 0.3) is 0 Å². The lowest BCUT2D eigenvalue weighted by Gasteiger charge is -2.33. The summed E-state index contributed by atoms with van der Waals surface area (Å²) < 4.78 is 26.6. The summed E-state index contributed by atoms with van der Waals surface area (Å²) in [6, 6.07) is 0.658. The third-order valence-corrected chi connectivity index (χ3v) is 5.67. The maximum absolute atomic E-state index is 12.7. The van der Waals surface area contributed by atoms with Crippen molar-refractivity contribution >= 4 is 33.6 Å². The number of carbonyl (C=O) groups excluding carboxylic acids is 2. The fourth-order valence-electron chi connectivity index (χ4n) is 2.71. The van der Waals surface area contributed by atoms with Crippen LogP contribution in [0.15, 0.2) is 6.07 Å². The Morgan fingerprint density at radius 3 is 2.75 bits per heavy atom. The molecule has 1 unspecified atom stereocenters. The predicted molar refractivity (Wildman–Crippen MR) is 84.6 cm³/mol. The Morgan fingerprint density at radius 2 is 2.08 bits per heavy atom. The zero-order valence-electron chi connectivity index (χ0n) is 13.1. The van der Waals surface area contributed by atoms with Gasteiger partial charge in [-0.2, -0.15) is 12.7 Å². The van der Waals surface area contributed by atoms with Gasteiger partial charge in [0.05, 0.1) is 0 Å². The first-order valence-corrected chi connectivity index (χ1v) is 9.18.